The van der Waals surface area contributed by atoms with Gasteiger partial charge in [0.1, 0.15) is 0 Å². The van der Waals surface area contributed by atoms with Gasteiger partial charge in [0.25, 0.3) is 0 Å². The maximum atomic E-state index is 8.31. The zero-order valence-corrected chi connectivity index (χ0v) is 11.1. The largest absolute Gasteiger partial charge is 0.0630 e. The predicted molar refractivity (Wildman–Crippen MR) is 85.1 cm³/mol. The standard InChI is InChI=1S/C18H15P/c1-4-10-16(11-5-1)19(17-12-6-2-7-13-17)18-14-8-3-9-15-18/h1-15H/i1T,4T,5T,10T,11T. The molecule has 1 heteroatoms. The van der Waals surface area contributed by atoms with Gasteiger partial charge in [-0.2, -0.15) is 0 Å². The minimum Gasteiger partial charge on any atom is -0.0622 e. The fourth-order valence-corrected chi connectivity index (χ4v) is 4.01. The molecule has 3 aromatic rings. The van der Waals surface area contributed by atoms with Crippen LogP contribution in [-0.4, -0.2) is 0 Å². The van der Waals surface area contributed by atoms with Crippen LogP contribution in [0.15, 0.2) is 90.9 Å². The molecule has 0 saturated carbocycles. The van der Waals surface area contributed by atoms with Gasteiger partial charge in [-0.15, -0.1) is 0 Å². The molecular weight excluding hydrogens is 247 g/mol. The van der Waals surface area contributed by atoms with Crippen molar-refractivity contribution in [1.82, 2.24) is 0 Å². The van der Waals surface area contributed by atoms with Crippen LogP contribution in [-0.2, 0) is 0 Å². The molecule has 0 radical (unpaired) electrons. The molecule has 0 bridgehead atoms. The normalized spacial score (nSPS) is 14.3. The van der Waals surface area contributed by atoms with Crippen molar-refractivity contribution in [1.29, 1.82) is 0 Å². The van der Waals surface area contributed by atoms with Crippen LogP contribution >= 0.6 is 7.92 Å². The Balaban J connectivity index is 2.33. The van der Waals surface area contributed by atoms with Crippen LogP contribution in [0.4, 0.5) is 0 Å². The molecule has 19 heavy (non-hydrogen) atoms. The van der Waals surface area contributed by atoms with Crippen molar-refractivity contribution in [2.24, 2.45) is 0 Å². The highest BCUT2D eigenvalue weighted by molar-refractivity contribution is 7.79. The summed E-state index contributed by atoms with van der Waals surface area (Å²) in [4.78, 5) is 0. The van der Waals surface area contributed by atoms with Crippen molar-refractivity contribution in [2.75, 3.05) is 0 Å². The fourth-order valence-electron chi connectivity index (χ4n) is 1.92. The summed E-state index contributed by atoms with van der Waals surface area (Å²) in [6, 6.07) is 18.0. The van der Waals surface area contributed by atoms with Crippen molar-refractivity contribution in [3.63, 3.8) is 0 Å². The van der Waals surface area contributed by atoms with Gasteiger partial charge in [-0.3, -0.25) is 0 Å². The first-order valence-electron chi connectivity index (χ1n) is 8.49. The second-order valence-corrected chi connectivity index (χ2v) is 6.13. The summed E-state index contributed by atoms with van der Waals surface area (Å²) in [5.41, 5.74) is 0. The van der Waals surface area contributed by atoms with Crippen molar-refractivity contribution in [2.45, 2.75) is 0 Å². The van der Waals surface area contributed by atoms with Crippen LogP contribution < -0.4 is 15.9 Å². The van der Waals surface area contributed by atoms with Gasteiger partial charge in [0.15, 0.2) is 0 Å². The molecule has 0 saturated heterocycles. The Labute approximate surface area is 122 Å². The Morgan fingerprint density at radius 3 is 1.53 bits per heavy atom. The first kappa shape index (κ1) is 7.62. The molecule has 0 unspecified atom stereocenters. The summed E-state index contributed by atoms with van der Waals surface area (Å²) in [6.07, 6.45) is 0. The maximum Gasteiger partial charge on any atom is 0.0630 e. The molecule has 92 valence electrons. The summed E-state index contributed by atoms with van der Waals surface area (Å²) in [6.45, 7) is 0. The maximum absolute atomic E-state index is 8.31. The summed E-state index contributed by atoms with van der Waals surface area (Å²) >= 11 is 0. The molecule has 3 aromatic carbocycles. The minimum atomic E-state index is -1.23. The van der Waals surface area contributed by atoms with Crippen molar-refractivity contribution < 1.29 is 6.85 Å². The molecule has 0 fully saturated rings. The Morgan fingerprint density at radius 1 is 0.579 bits per heavy atom. The van der Waals surface area contributed by atoms with Crippen LogP contribution in [0.2, 0.25) is 0 Å². The predicted octanol–water partition coefficient (Wildman–Crippen LogP) is 3.44. The lowest BCUT2D eigenvalue weighted by molar-refractivity contribution is 1.74. The van der Waals surface area contributed by atoms with Crippen LogP contribution in [0, 0.1) is 0 Å². The van der Waals surface area contributed by atoms with Crippen LogP contribution in [0.3, 0.4) is 0 Å². The number of benzene rings is 3. The minimum absolute atomic E-state index is 0.125. The van der Waals surface area contributed by atoms with Gasteiger partial charge in [0.2, 0.25) is 0 Å². The summed E-state index contributed by atoms with van der Waals surface area (Å²) in [5.74, 6) is 0. The third-order valence-corrected chi connectivity index (χ3v) is 5.04. The van der Waals surface area contributed by atoms with Crippen molar-refractivity contribution >= 4 is 23.8 Å². The smallest absolute Gasteiger partial charge is 0.0622 e. The quantitative estimate of drug-likeness (QED) is 0.641. The first-order chi connectivity index (χ1) is 11.5. The molecule has 0 aliphatic carbocycles. The average Bonchev–Trinajstić information content (AvgIpc) is 2.63. The van der Waals surface area contributed by atoms with E-state index in [1.54, 1.807) is 0 Å². The van der Waals surface area contributed by atoms with Gasteiger partial charge in [-0.05, 0) is 23.8 Å². The first-order valence-corrected chi connectivity index (χ1v) is 7.33. The number of hydrogen-bond acceptors (Lipinski definition) is 0. The van der Waals surface area contributed by atoms with E-state index in [0.717, 1.165) is 10.6 Å². The molecule has 0 aromatic heterocycles. The molecular formula is C18H15P. The lowest BCUT2D eigenvalue weighted by Gasteiger charge is -2.18. The van der Waals surface area contributed by atoms with E-state index in [2.05, 4.69) is 0 Å². The third kappa shape index (κ3) is 2.75. The van der Waals surface area contributed by atoms with E-state index in [0.29, 0.717) is 5.30 Å². The van der Waals surface area contributed by atoms with Gasteiger partial charge in [-0.1, -0.05) is 90.9 Å². The molecule has 0 aliphatic rings. The lowest BCUT2D eigenvalue weighted by atomic mass is 10.4. The highest BCUT2D eigenvalue weighted by Gasteiger charge is 2.14. The van der Waals surface area contributed by atoms with Crippen LogP contribution in [0.1, 0.15) is 6.85 Å². The van der Waals surface area contributed by atoms with Gasteiger partial charge in [-0.25, -0.2) is 0 Å². The average molecular weight is 272 g/mol. The highest BCUT2D eigenvalue weighted by atomic mass is 31.1. The summed E-state index contributed by atoms with van der Waals surface area (Å²) in [7, 11) is -1.23. The zero-order chi connectivity index (χ0) is 17.3. The van der Waals surface area contributed by atoms with E-state index in [1.807, 2.05) is 60.7 Å². The molecule has 0 aliphatic heterocycles. The summed E-state index contributed by atoms with van der Waals surface area (Å²) in [5, 5.41) is 2.28. The second kappa shape index (κ2) is 5.82. The molecule has 3 rings (SSSR count). The topological polar surface area (TPSA) is 0 Å². The van der Waals surface area contributed by atoms with Crippen LogP contribution in [0.25, 0.3) is 0 Å². The van der Waals surface area contributed by atoms with Gasteiger partial charge < -0.3 is 0 Å². The monoisotopic (exact) mass is 272 g/mol. The second-order valence-electron chi connectivity index (χ2n) is 3.98. The van der Waals surface area contributed by atoms with E-state index >= 15 is 0 Å². The lowest BCUT2D eigenvalue weighted by Crippen LogP contribution is -2.20. The van der Waals surface area contributed by atoms with E-state index in [4.69, 9.17) is 6.85 Å². The molecule has 0 heterocycles. The van der Waals surface area contributed by atoms with Gasteiger partial charge >= 0.3 is 0 Å². The summed E-state index contributed by atoms with van der Waals surface area (Å²) < 4.78 is 40.3. The molecule has 0 atom stereocenters. The number of rotatable bonds is 3. The third-order valence-electron chi connectivity index (χ3n) is 2.74. The molecule has 0 spiro atoms. The molecule has 0 amide bonds. The number of hydrogen-bond donors (Lipinski definition) is 0. The van der Waals surface area contributed by atoms with Gasteiger partial charge in [0.05, 0.1) is 6.85 Å². The van der Waals surface area contributed by atoms with Crippen LogP contribution in [0.5, 0.6) is 0 Å². The Bertz CT molecular complexity index is 797. The SMILES string of the molecule is [3H]c1c([3H])c([3H])c(P(c2ccccc2)c2ccccc2)c([3H])c1[3H]. The molecule has 0 N–H and O–H groups in total. The Morgan fingerprint density at radius 2 is 1.05 bits per heavy atom. The van der Waals surface area contributed by atoms with E-state index in [-0.39, 0.29) is 30.2 Å². The fraction of sp³-hybridized carbons (Fsp3) is 0. The highest BCUT2D eigenvalue weighted by Crippen LogP contribution is 2.32. The van der Waals surface area contributed by atoms with E-state index in [1.165, 1.54) is 0 Å². The van der Waals surface area contributed by atoms with E-state index < -0.39 is 7.92 Å². The Kier molecular flexibility index (Phi) is 2.34. The van der Waals surface area contributed by atoms with E-state index in [9.17, 15) is 0 Å². The van der Waals surface area contributed by atoms with Crippen molar-refractivity contribution in [3.05, 3.63) is 90.9 Å². The van der Waals surface area contributed by atoms with Crippen molar-refractivity contribution in [3.8, 4) is 0 Å². The molecule has 0 nitrogen and oxygen atoms in total. The zero-order valence-electron chi connectivity index (χ0n) is 15.2. The Hall–Kier alpha value is -1.91. The van der Waals surface area contributed by atoms with Gasteiger partial charge in [0, 0.05) is 0 Å².